The number of rotatable bonds is 1. The van der Waals surface area contributed by atoms with Crippen molar-refractivity contribution >= 4 is 68.7 Å². The Morgan fingerprint density at radius 2 is 1.81 bits per heavy atom. The van der Waals surface area contributed by atoms with Gasteiger partial charge < -0.3 is 4.42 Å². The zero-order valence-corrected chi connectivity index (χ0v) is 13.1. The number of oxazole rings is 1. The number of para-hydroxylation sites is 2. The van der Waals surface area contributed by atoms with Gasteiger partial charge in [-0.25, -0.2) is 8.42 Å². The molecule has 4 nitrogen and oxygen atoms in total. The lowest BCUT2D eigenvalue weighted by molar-refractivity contribution is 0.459. The first-order chi connectivity index (χ1) is 7.32. The van der Waals surface area contributed by atoms with Gasteiger partial charge >= 0.3 is 5.22 Å². The lowest BCUT2D eigenvalue weighted by atomic mass is 10.3. The Hall–Kier alpha value is 0.0800. The van der Waals surface area contributed by atoms with E-state index in [4.69, 9.17) is 4.42 Å². The summed E-state index contributed by atoms with van der Waals surface area (Å²) in [6.45, 7) is 0. The van der Waals surface area contributed by atoms with Crippen LogP contribution in [-0.2, 0) is 9.84 Å². The molecule has 2 rings (SSSR count). The fourth-order valence-corrected chi connectivity index (χ4v) is 2.93. The molecule has 0 amide bonds. The van der Waals surface area contributed by atoms with Crippen LogP contribution in [0.15, 0.2) is 33.9 Å². The van der Waals surface area contributed by atoms with Crippen LogP contribution in [0.4, 0.5) is 0 Å². The van der Waals surface area contributed by atoms with Crippen molar-refractivity contribution in [2.24, 2.45) is 0 Å². The summed E-state index contributed by atoms with van der Waals surface area (Å²) in [5.74, 6) is 0. The molecule has 0 N–H and O–H groups in total. The number of sulfone groups is 1. The first-order valence-electron chi connectivity index (χ1n) is 3.99. The number of alkyl halides is 3. The maximum atomic E-state index is 11.9. The van der Waals surface area contributed by atoms with E-state index in [9.17, 15) is 8.42 Å². The first kappa shape index (κ1) is 12.5. The van der Waals surface area contributed by atoms with Crippen LogP contribution >= 0.6 is 47.8 Å². The minimum Gasteiger partial charge on any atom is -0.428 e. The van der Waals surface area contributed by atoms with Crippen molar-refractivity contribution in [3.05, 3.63) is 24.3 Å². The molecule has 0 fully saturated rings. The van der Waals surface area contributed by atoms with E-state index in [0.29, 0.717) is 11.1 Å². The van der Waals surface area contributed by atoms with Crippen LogP contribution in [0.2, 0.25) is 0 Å². The minimum absolute atomic E-state index is 0.348. The molecular formula is C8H4Br3NO3S. The summed E-state index contributed by atoms with van der Waals surface area (Å²) in [4.78, 5) is 3.91. The van der Waals surface area contributed by atoms with Crippen LogP contribution in [0.1, 0.15) is 0 Å². The first-order valence-corrected chi connectivity index (χ1v) is 7.85. The number of fused-ring (bicyclic) bond motifs is 1. The highest BCUT2D eigenvalue weighted by molar-refractivity contribution is 9.42. The zero-order valence-electron chi connectivity index (χ0n) is 7.52. The van der Waals surface area contributed by atoms with Gasteiger partial charge in [0.15, 0.2) is 5.58 Å². The number of nitrogens with zero attached hydrogens (tertiary/aromatic N) is 1. The number of benzene rings is 1. The van der Waals surface area contributed by atoms with Crippen molar-refractivity contribution in [1.82, 2.24) is 4.98 Å². The number of aromatic nitrogens is 1. The molecule has 0 radical (unpaired) electrons. The van der Waals surface area contributed by atoms with Crippen LogP contribution in [0.3, 0.4) is 0 Å². The highest BCUT2D eigenvalue weighted by Gasteiger charge is 2.41. The smallest absolute Gasteiger partial charge is 0.319 e. The summed E-state index contributed by atoms with van der Waals surface area (Å²) >= 11 is 8.82. The molecule has 0 spiro atoms. The van der Waals surface area contributed by atoms with Crippen molar-refractivity contribution in [2.75, 3.05) is 0 Å². The van der Waals surface area contributed by atoms with Gasteiger partial charge in [0.05, 0.1) is 0 Å². The average molecular weight is 434 g/mol. The molecule has 86 valence electrons. The van der Waals surface area contributed by atoms with Gasteiger partial charge in [-0.15, -0.1) is 0 Å². The lowest BCUT2D eigenvalue weighted by Gasteiger charge is -2.08. The molecule has 0 atom stereocenters. The number of hydrogen-bond donors (Lipinski definition) is 0. The molecule has 16 heavy (non-hydrogen) atoms. The molecule has 0 aliphatic rings. The Labute approximate surface area is 117 Å². The van der Waals surface area contributed by atoms with E-state index in [-0.39, 0.29) is 5.22 Å². The molecule has 0 unspecified atom stereocenters. The van der Waals surface area contributed by atoms with Crippen LogP contribution in [0.5, 0.6) is 0 Å². The van der Waals surface area contributed by atoms with Crippen molar-refractivity contribution in [2.45, 2.75) is 6.70 Å². The van der Waals surface area contributed by atoms with Crippen molar-refractivity contribution in [3.8, 4) is 0 Å². The van der Waals surface area contributed by atoms with Gasteiger partial charge in [0, 0.05) is 0 Å². The SMILES string of the molecule is O=S(=O)(c1nc2ccccc2o1)C(Br)(Br)Br. The molecule has 1 heterocycles. The largest absolute Gasteiger partial charge is 0.428 e. The summed E-state index contributed by atoms with van der Waals surface area (Å²) < 4.78 is 27.6. The maximum absolute atomic E-state index is 11.9. The highest BCUT2D eigenvalue weighted by atomic mass is 80.0. The van der Waals surface area contributed by atoms with Crippen molar-refractivity contribution in [3.63, 3.8) is 0 Å². The highest BCUT2D eigenvalue weighted by Crippen LogP contribution is 2.43. The third-order valence-electron chi connectivity index (χ3n) is 1.81. The predicted molar refractivity (Wildman–Crippen MR) is 70.7 cm³/mol. The Balaban J connectivity index is 2.66. The van der Waals surface area contributed by atoms with Gasteiger partial charge in [-0.2, -0.15) is 4.98 Å². The molecule has 0 saturated heterocycles. The summed E-state index contributed by atoms with van der Waals surface area (Å²) in [7, 11) is -3.77. The molecule has 0 saturated carbocycles. The average Bonchev–Trinajstić information content (AvgIpc) is 2.59. The number of halogens is 3. The fourth-order valence-electron chi connectivity index (χ4n) is 1.07. The molecular weight excluding hydrogens is 430 g/mol. The molecule has 8 heteroatoms. The third kappa shape index (κ3) is 2.07. The van der Waals surface area contributed by atoms with Gasteiger partial charge in [-0.1, -0.05) is 12.1 Å². The molecule has 2 aromatic rings. The van der Waals surface area contributed by atoms with Gasteiger partial charge in [-0.05, 0) is 59.9 Å². The molecule has 0 aliphatic heterocycles. The van der Waals surface area contributed by atoms with Gasteiger partial charge in [0.1, 0.15) is 5.52 Å². The minimum atomic E-state index is -3.77. The standard InChI is InChI=1S/C8H4Br3NO3S/c9-8(10,11)16(13,14)7-12-5-3-1-2-4-6(5)15-7/h1-4H. The van der Waals surface area contributed by atoms with E-state index >= 15 is 0 Å². The zero-order chi connectivity index (χ0) is 12.0. The van der Waals surface area contributed by atoms with E-state index in [1.165, 1.54) is 0 Å². The summed E-state index contributed by atoms with van der Waals surface area (Å²) in [6.07, 6.45) is 0. The quantitative estimate of drug-likeness (QED) is 0.647. The van der Waals surface area contributed by atoms with Gasteiger partial charge in [-0.3, -0.25) is 0 Å². The normalized spacial score (nSPS) is 13.2. The second-order valence-electron chi connectivity index (χ2n) is 2.90. The van der Waals surface area contributed by atoms with E-state index in [1.54, 1.807) is 24.3 Å². The van der Waals surface area contributed by atoms with E-state index in [2.05, 4.69) is 52.8 Å². The Morgan fingerprint density at radius 3 is 2.38 bits per heavy atom. The third-order valence-corrected chi connectivity index (χ3v) is 6.89. The topological polar surface area (TPSA) is 60.2 Å². The molecule has 1 aromatic carbocycles. The molecule has 0 aliphatic carbocycles. The molecule has 0 bridgehead atoms. The maximum Gasteiger partial charge on any atom is 0.319 e. The van der Waals surface area contributed by atoms with Crippen LogP contribution in [-0.4, -0.2) is 14.9 Å². The van der Waals surface area contributed by atoms with Crippen LogP contribution in [0, 0.1) is 0 Å². The van der Waals surface area contributed by atoms with Crippen LogP contribution in [0.25, 0.3) is 11.1 Å². The predicted octanol–water partition coefficient (Wildman–Crippen LogP) is 3.40. The lowest BCUT2D eigenvalue weighted by Crippen LogP contribution is -2.18. The van der Waals surface area contributed by atoms with Crippen molar-refractivity contribution < 1.29 is 12.8 Å². The van der Waals surface area contributed by atoms with E-state index in [0.717, 1.165) is 0 Å². The second-order valence-corrected chi connectivity index (χ2v) is 13.2. The second kappa shape index (κ2) is 4.08. The fraction of sp³-hybridized carbons (Fsp3) is 0.125. The Morgan fingerprint density at radius 1 is 1.19 bits per heavy atom. The summed E-state index contributed by atoms with van der Waals surface area (Å²) in [6, 6.07) is 6.83. The van der Waals surface area contributed by atoms with E-state index in [1.807, 2.05) is 0 Å². The van der Waals surface area contributed by atoms with Gasteiger partial charge in [0.2, 0.25) is 1.47 Å². The Kier molecular flexibility index (Phi) is 3.19. The summed E-state index contributed by atoms with van der Waals surface area (Å²) in [5, 5.41) is -0.348. The summed E-state index contributed by atoms with van der Waals surface area (Å²) in [5.41, 5.74) is 0.927. The van der Waals surface area contributed by atoms with E-state index < -0.39 is 11.3 Å². The van der Waals surface area contributed by atoms with Crippen LogP contribution < -0.4 is 0 Å². The monoisotopic (exact) mass is 431 g/mol. The Bertz CT molecular complexity index is 596. The molecule has 1 aromatic heterocycles. The van der Waals surface area contributed by atoms with Gasteiger partial charge in [0.25, 0.3) is 9.84 Å². The number of hydrogen-bond acceptors (Lipinski definition) is 4. The van der Waals surface area contributed by atoms with Crippen molar-refractivity contribution in [1.29, 1.82) is 0 Å².